The minimum atomic E-state index is -1.21. The van der Waals surface area contributed by atoms with Crippen LogP contribution in [0.25, 0.3) is 22.4 Å². The first-order chi connectivity index (χ1) is 14.4. The highest BCUT2D eigenvalue weighted by Crippen LogP contribution is 2.47. The summed E-state index contributed by atoms with van der Waals surface area (Å²) in [5.74, 6) is 0. The second-order valence-electron chi connectivity index (χ2n) is 8.74. The van der Waals surface area contributed by atoms with Gasteiger partial charge in [-0.3, -0.25) is 0 Å². The Hall–Kier alpha value is -2.41. The molecule has 1 nitrogen and oxygen atoms in total. The average molecular weight is 371 g/mol. The van der Waals surface area contributed by atoms with Crippen molar-refractivity contribution in [3.8, 4) is 22.4 Å². The highest BCUT2D eigenvalue weighted by molar-refractivity contribution is 5.67. The quantitative estimate of drug-likeness (QED) is 0.473. The van der Waals surface area contributed by atoms with E-state index in [1.54, 1.807) is 0 Å². The summed E-state index contributed by atoms with van der Waals surface area (Å²) in [6.45, 7) is 2.15. The van der Waals surface area contributed by atoms with Gasteiger partial charge in [0.05, 0.1) is 0 Å². The molecule has 0 saturated heterocycles. The van der Waals surface area contributed by atoms with Gasteiger partial charge in [0, 0.05) is 19.9 Å². The molecule has 1 aromatic heterocycles. The molecule has 0 unspecified atom stereocenters. The molecule has 0 amide bonds. The zero-order valence-corrected chi connectivity index (χ0v) is 17.0. The van der Waals surface area contributed by atoms with E-state index in [1.165, 1.54) is 39.9 Å². The molecule has 5 rings (SSSR count). The maximum Gasteiger partial charge on any atom is 0.212 e. The fourth-order valence-electron chi connectivity index (χ4n) is 5.18. The van der Waals surface area contributed by atoms with E-state index in [0.717, 1.165) is 37.7 Å². The number of hydrogen-bond acceptors (Lipinski definition) is 0. The van der Waals surface area contributed by atoms with Crippen molar-refractivity contribution in [3.05, 3.63) is 77.5 Å². The zero-order chi connectivity index (χ0) is 20.9. The van der Waals surface area contributed by atoms with Crippen LogP contribution in [0.5, 0.6) is 0 Å². The molecule has 1 fully saturated rings. The molecule has 28 heavy (non-hydrogen) atoms. The van der Waals surface area contributed by atoms with Gasteiger partial charge < -0.3 is 0 Å². The zero-order valence-electron chi connectivity index (χ0n) is 19.0. The molecule has 0 bridgehead atoms. The molecule has 142 valence electrons. The van der Waals surface area contributed by atoms with Crippen LogP contribution in [0, 0.1) is 12.3 Å². The highest BCUT2D eigenvalue weighted by Gasteiger charge is 2.38. The van der Waals surface area contributed by atoms with Gasteiger partial charge in [-0.2, -0.15) is 0 Å². The topological polar surface area (TPSA) is 3.88 Å². The van der Waals surface area contributed by atoms with Crippen LogP contribution in [0.15, 0.2) is 60.8 Å². The van der Waals surface area contributed by atoms with Gasteiger partial charge in [-0.25, -0.2) is 4.57 Å². The van der Waals surface area contributed by atoms with Gasteiger partial charge in [0.15, 0.2) is 6.20 Å². The molecule has 3 aromatic rings. The normalized spacial score (nSPS) is 20.5. The molecule has 1 saturated carbocycles. The highest BCUT2D eigenvalue weighted by atomic mass is 14.9. The van der Waals surface area contributed by atoms with Crippen molar-refractivity contribution >= 4 is 0 Å². The number of fused-ring (bicyclic) bond motifs is 1. The van der Waals surface area contributed by atoms with Crippen molar-refractivity contribution in [2.24, 2.45) is 12.5 Å². The summed E-state index contributed by atoms with van der Waals surface area (Å²) >= 11 is 0. The Morgan fingerprint density at radius 1 is 0.893 bits per heavy atom. The second kappa shape index (κ2) is 6.88. The van der Waals surface area contributed by atoms with Crippen molar-refractivity contribution in [3.63, 3.8) is 0 Å². The van der Waals surface area contributed by atoms with E-state index in [1.807, 2.05) is 0 Å². The Labute approximate surface area is 171 Å². The summed E-state index contributed by atoms with van der Waals surface area (Å²) in [4.78, 5) is 0. The minimum absolute atomic E-state index is 0.189. The second-order valence-corrected chi connectivity index (χ2v) is 8.74. The molecule has 1 heteroatoms. The SMILES string of the molecule is [2H]C1([2H])c2ccc(-c3ccc(-c4ccccc4C)[n+](C)c3)cc2CC12CCCCC2. The van der Waals surface area contributed by atoms with Crippen LogP contribution >= 0.6 is 0 Å². The Balaban J connectivity index is 1.51. The van der Waals surface area contributed by atoms with Gasteiger partial charge in [0.25, 0.3) is 0 Å². The van der Waals surface area contributed by atoms with Gasteiger partial charge in [0.2, 0.25) is 5.69 Å². The molecule has 0 N–H and O–H groups in total. The molecule has 0 aliphatic heterocycles. The van der Waals surface area contributed by atoms with Crippen LogP contribution in [0.3, 0.4) is 0 Å². The first-order valence-electron chi connectivity index (χ1n) is 11.6. The van der Waals surface area contributed by atoms with Gasteiger partial charge in [0.1, 0.15) is 7.05 Å². The third kappa shape index (κ3) is 3.07. The summed E-state index contributed by atoms with van der Waals surface area (Å²) < 4.78 is 20.1. The Morgan fingerprint density at radius 2 is 1.68 bits per heavy atom. The number of benzene rings is 2. The Bertz CT molecular complexity index is 1110. The van der Waals surface area contributed by atoms with Crippen LogP contribution in [0.1, 0.15) is 51.5 Å². The van der Waals surface area contributed by atoms with Crippen molar-refractivity contribution in [1.29, 1.82) is 0 Å². The molecule has 0 radical (unpaired) electrons. The lowest BCUT2D eigenvalue weighted by molar-refractivity contribution is -0.659. The van der Waals surface area contributed by atoms with E-state index in [2.05, 4.69) is 79.3 Å². The van der Waals surface area contributed by atoms with Crippen LogP contribution in [-0.2, 0) is 19.8 Å². The number of aromatic nitrogens is 1. The van der Waals surface area contributed by atoms with Crippen molar-refractivity contribution in [2.45, 2.75) is 51.8 Å². The Kier molecular flexibility index (Phi) is 3.81. The number of aryl methyl sites for hydroxylation is 2. The third-order valence-electron chi connectivity index (χ3n) is 6.73. The molecule has 2 aliphatic carbocycles. The number of rotatable bonds is 2. The van der Waals surface area contributed by atoms with Gasteiger partial charge >= 0.3 is 0 Å². The molecular weight excluding hydrogens is 338 g/mol. The van der Waals surface area contributed by atoms with E-state index in [4.69, 9.17) is 2.74 Å². The maximum atomic E-state index is 8.93. The summed E-state index contributed by atoms with van der Waals surface area (Å²) in [5.41, 5.74) is 8.05. The summed E-state index contributed by atoms with van der Waals surface area (Å²) in [6, 6.07) is 19.3. The summed E-state index contributed by atoms with van der Waals surface area (Å²) in [7, 11) is 2.11. The van der Waals surface area contributed by atoms with E-state index in [9.17, 15) is 0 Å². The van der Waals surface area contributed by atoms with Crippen molar-refractivity contribution in [2.75, 3.05) is 0 Å². The van der Waals surface area contributed by atoms with Gasteiger partial charge in [-0.05, 0) is 72.4 Å². The largest absolute Gasteiger partial charge is 0.212 e. The van der Waals surface area contributed by atoms with Crippen molar-refractivity contribution < 1.29 is 7.31 Å². The minimum Gasteiger partial charge on any atom is -0.200 e. The van der Waals surface area contributed by atoms with E-state index in [0.29, 0.717) is 0 Å². The Morgan fingerprint density at radius 3 is 2.46 bits per heavy atom. The fraction of sp³-hybridized carbons (Fsp3) is 0.370. The molecule has 2 aliphatic rings. The fourth-order valence-corrected chi connectivity index (χ4v) is 5.18. The number of nitrogens with zero attached hydrogens (tertiary/aromatic N) is 1. The molecule has 0 atom stereocenters. The van der Waals surface area contributed by atoms with E-state index < -0.39 is 6.37 Å². The van der Waals surface area contributed by atoms with Crippen LogP contribution < -0.4 is 4.57 Å². The van der Waals surface area contributed by atoms with Gasteiger partial charge in [-0.15, -0.1) is 0 Å². The third-order valence-corrected chi connectivity index (χ3v) is 6.73. The lowest BCUT2D eigenvalue weighted by Gasteiger charge is -2.33. The molecule has 2 aromatic carbocycles. The summed E-state index contributed by atoms with van der Waals surface area (Å²) in [6.07, 6.45) is 7.49. The lowest BCUT2D eigenvalue weighted by atomic mass is 9.72. The van der Waals surface area contributed by atoms with Crippen molar-refractivity contribution in [1.82, 2.24) is 0 Å². The monoisotopic (exact) mass is 370 g/mol. The smallest absolute Gasteiger partial charge is 0.200 e. The predicted octanol–water partition coefficient (Wildman–Crippen LogP) is 6.20. The van der Waals surface area contributed by atoms with Crippen LogP contribution in [-0.4, -0.2) is 0 Å². The van der Waals surface area contributed by atoms with E-state index >= 15 is 0 Å². The standard InChI is InChI=1S/C27H30N/c1-20-8-4-5-9-25(20)26-13-12-23(19-28(26)2)21-10-11-22-17-27(18-24(22)16-21)14-6-3-7-15-27/h4-5,8-13,16,19H,3,6-7,14-15,17-18H2,1-2H3/q+1/i17D2. The molecular formula is C27H30N+. The summed E-state index contributed by atoms with van der Waals surface area (Å²) in [5, 5.41) is 0. The lowest BCUT2D eigenvalue weighted by Crippen LogP contribution is -2.30. The first-order valence-corrected chi connectivity index (χ1v) is 10.6. The average Bonchev–Trinajstić information content (AvgIpc) is 2.95. The van der Waals surface area contributed by atoms with Crippen LogP contribution in [0.4, 0.5) is 0 Å². The maximum absolute atomic E-state index is 8.93. The van der Waals surface area contributed by atoms with Crippen LogP contribution in [0.2, 0.25) is 0 Å². The first kappa shape index (κ1) is 15.5. The predicted molar refractivity (Wildman–Crippen MR) is 116 cm³/mol. The number of hydrogen-bond donors (Lipinski definition) is 0. The molecule has 1 spiro atoms. The van der Waals surface area contributed by atoms with Gasteiger partial charge in [-0.1, -0.05) is 55.7 Å². The van der Waals surface area contributed by atoms with E-state index in [-0.39, 0.29) is 5.41 Å². The molecule has 1 heterocycles. The number of pyridine rings is 1.